The molecule has 2 rings (SSSR count). The molecule has 1 fully saturated rings. The monoisotopic (exact) mass is 266 g/mol. The van der Waals surface area contributed by atoms with Crippen LogP contribution in [0.4, 0.5) is 0 Å². The summed E-state index contributed by atoms with van der Waals surface area (Å²) >= 11 is 5.95. The Labute approximate surface area is 115 Å². The molecule has 1 saturated carbocycles. The van der Waals surface area contributed by atoms with Gasteiger partial charge >= 0.3 is 0 Å². The van der Waals surface area contributed by atoms with Crippen LogP contribution in [-0.4, -0.2) is 5.11 Å². The average Bonchev–Trinajstić information content (AvgIpc) is 3.10. The summed E-state index contributed by atoms with van der Waals surface area (Å²) in [7, 11) is 0. The molecule has 1 aliphatic rings. The normalized spacial score (nSPS) is 21.4. The summed E-state index contributed by atoms with van der Waals surface area (Å²) in [6, 6.07) is 7.67. The smallest absolute Gasteiger partial charge is 0.0972 e. The van der Waals surface area contributed by atoms with Gasteiger partial charge in [-0.3, -0.25) is 0 Å². The van der Waals surface area contributed by atoms with E-state index in [1.54, 1.807) is 0 Å². The third-order valence-electron chi connectivity index (χ3n) is 4.42. The van der Waals surface area contributed by atoms with Gasteiger partial charge < -0.3 is 5.11 Å². The van der Waals surface area contributed by atoms with Crippen molar-refractivity contribution in [2.75, 3.05) is 0 Å². The third kappa shape index (κ3) is 2.31. The predicted octanol–water partition coefficient (Wildman–Crippen LogP) is 4.62. The predicted molar refractivity (Wildman–Crippen MR) is 76.7 cm³/mol. The van der Waals surface area contributed by atoms with Gasteiger partial charge in [0.05, 0.1) is 5.60 Å². The SMILES string of the molecule is CC(C1CC1)C(O)(c1ccc(Cl)cc1)C(C)(C)C. The zero-order valence-corrected chi connectivity index (χ0v) is 12.5. The Morgan fingerprint density at radius 3 is 2.06 bits per heavy atom. The summed E-state index contributed by atoms with van der Waals surface area (Å²) in [6.07, 6.45) is 2.49. The van der Waals surface area contributed by atoms with E-state index in [1.807, 2.05) is 24.3 Å². The summed E-state index contributed by atoms with van der Waals surface area (Å²) < 4.78 is 0. The Kier molecular flexibility index (Phi) is 3.50. The second-order valence-corrected chi connectivity index (χ2v) is 7.09. The number of rotatable bonds is 3. The number of benzene rings is 1. The highest BCUT2D eigenvalue weighted by atomic mass is 35.5. The van der Waals surface area contributed by atoms with Crippen molar-refractivity contribution in [1.82, 2.24) is 0 Å². The van der Waals surface area contributed by atoms with Gasteiger partial charge in [0, 0.05) is 5.02 Å². The van der Waals surface area contributed by atoms with E-state index in [9.17, 15) is 5.11 Å². The van der Waals surface area contributed by atoms with Crippen LogP contribution in [0.15, 0.2) is 24.3 Å². The van der Waals surface area contributed by atoms with Crippen LogP contribution in [0.25, 0.3) is 0 Å². The minimum absolute atomic E-state index is 0.192. The standard InChI is InChI=1S/C16H23ClO/c1-11(12-5-6-12)16(18,15(2,3)4)13-7-9-14(17)10-8-13/h7-12,18H,5-6H2,1-4H3. The lowest BCUT2D eigenvalue weighted by molar-refractivity contribution is -0.114. The molecule has 0 spiro atoms. The molecular formula is C16H23ClO. The Morgan fingerprint density at radius 2 is 1.67 bits per heavy atom. The first-order chi connectivity index (χ1) is 8.26. The lowest BCUT2D eigenvalue weighted by Gasteiger charge is -2.45. The fraction of sp³-hybridized carbons (Fsp3) is 0.625. The maximum absolute atomic E-state index is 11.3. The van der Waals surface area contributed by atoms with Crippen molar-refractivity contribution in [3.8, 4) is 0 Å². The third-order valence-corrected chi connectivity index (χ3v) is 4.67. The molecule has 18 heavy (non-hydrogen) atoms. The van der Waals surface area contributed by atoms with Crippen molar-refractivity contribution in [3.63, 3.8) is 0 Å². The average molecular weight is 267 g/mol. The van der Waals surface area contributed by atoms with Crippen LogP contribution in [0.1, 0.15) is 46.1 Å². The van der Waals surface area contributed by atoms with Gasteiger partial charge in [-0.25, -0.2) is 0 Å². The highest BCUT2D eigenvalue weighted by molar-refractivity contribution is 6.30. The minimum Gasteiger partial charge on any atom is -0.384 e. The number of hydrogen-bond acceptors (Lipinski definition) is 1. The van der Waals surface area contributed by atoms with E-state index >= 15 is 0 Å². The van der Waals surface area contributed by atoms with E-state index < -0.39 is 5.60 Å². The molecule has 1 aromatic carbocycles. The van der Waals surface area contributed by atoms with E-state index in [1.165, 1.54) is 12.8 Å². The van der Waals surface area contributed by atoms with Gasteiger partial charge in [-0.15, -0.1) is 0 Å². The van der Waals surface area contributed by atoms with Crippen LogP contribution in [0.3, 0.4) is 0 Å². The van der Waals surface area contributed by atoms with Gasteiger partial charge in [0.2, 0.25) is 0 Å². The van der Waals surface area contributed by atoms with Crippen molar-refractivity contribution in [3.05, 3.63) is 34.9 Å². The molecule has 0 bridgehead atoms. The summed E-state index contributed by atoms with van der Waals surface area (Å²) in [5.41, 5.74) is 0.000468. The van der Waals surface area contributed by atoms with Crippen LogP contribution in [0, 0.1) is 17.3 Å². The molecule has 2 atom stereocenters. The van der Waals surface area contributed by atoms with Crippen LogP contribution < -0.4 is 0 Å². The molecule has 2 heteroatoms. The lowest BCUT2D eigenvalue weighted by Crippen LogP contribution is -2.46. The zero-order chi connectivity index (χ0) is 13.6. The Hall–Kier alpha value is -0.530. The molecule has 0 aliphatic heterocycles. The van der Waals surface area contributed by atoms with Crippen LogP contribution in [0.5, 0.6) is 0 Å². The van der Waals surface area contributed by atoms with Crippen molar-refractivity contribution in [2.24, 2.45) is 17.3 Å². The number of aliphatic hydroxyl groups is 1. The molecule has 0 aromatic heterocycles. The molecule has 100 valence electrons. The van der Waals surface area contributed by atoms with Crippen molar-refractivity contribution >= 4 is 11.6 Å². The van der Waals surface area contributed by atoms with Crippen LogP contribution >= 0.6 is 11.6 Å². The largest absolute Gasteiger partial charge is 0.384 e. The van der Waals surface area contributed by atoms with E-state index in [0.717, 1.165) is 5.56 Å². The van der Waals surface area contributed by atoms with Crippen molar-refractivity contribution in [2.45, 2.75) is 46.1 Å². The van der Waals surface area contributed by atoms with Gasteiger partial charge in [-0.05, 0) is 47.8 Å². The number of halogens is 1. The molecule has 0 saturated heterocycles. The summed E-state index contributed by atoms with van der Waals surface area (Å²) in [5, 5.41) is 12.1. The second-order valence-electron chi connectivity index (χ2n) is 6.65. The fourth-order valence-electron chi connectivity index (χ4n) is 3.02. The molecule has 1 nitrogen and oxygen atoms in total. The van der Waals surface area contributed by atoms with E-state index in [2.05, 4.69) is 27.7 Å². The lowest BCUT2D eigenvalue weighted by atomic mass is 9.64. The zero-order valence-electron chi connectivity index (χ0n) is 11.7. The summed E-state index contributed by atoms with van der Waals surface area (Å²) in [6.45, 7) is 8.51. The van der Waals surface area contributed by atoms with E-state index in [-0.39, 0.29) is 11.3 Å². The molecular weight excluding hydrogens is 244 g/mol. The molecule has 2 unspecified atom stereocenters. The molecule has 1 aliphatic carbocycles. The summed E-state index contributed by atoms with van der Waals surface area (Å²) in [4.78, 5) is 0. The second kappa shape index (κ2) is 4.54. The van der Waals surface area contributed by atoms with Gasteiger partial charge in [-0.2, -0.15) is 0 Å². The highest BCUT2D eigenvalue weighted by Crippen LogP contribution is 2.53. The first-order valence-electron chi connectivity index (χ1n) is 6.75. The maximum atomic E-state index is 11.3. The molecule has 0 amide bonds. The Balaban J connectivity index is 2.44. The quantitative estimate of drug-likeness (QED) is 0.846. The van der Waals surface area contributed by atoms with Crippen LogP contribution in [0.2, 0.25) is 5.02 Å². The van der Waals surface area contributed by atoms with Crippen LogP contribution in [-0.2, 0) is 5.60 Å². The summed E-state index contributed by atoms with van der Waals surface area (Å²) in [5.74, 6) is 0.934. The first-order valence-corrected chi connectivity index (χ1v) is 7.13. The number of hydrogen-bond donors (Lipinski definition) is 1. The molecule has 0 heterocycles. The minimum atomic E-state index is -0.793. The maximum Gasteiger partial charge on any atom is 0.0972 e. The van der Waals surface area contributed by atoms with Gasteiger partial charge in [0.25, 0.3) is 0 Å². The van der Waals surface area contributed by atoms with Gasteiger partial charge in [0.15, 0.2) is 0 Å². The molecule has 1 N–H and O–H groups in total. The van der Waals surface area contributed by atoms with Gasteiger partial charge in [0.1, 0.15) is 0 Å². The topological polar surface area (TPSA) is 20.2 Å². The van der Waals surface area contributed by atoms with E-state index in [0.29, 0.717) is 10.9 Å². The Morgan fingerprint density at radius 1 is 1.17 bits per heavy atom. The fourth-order valence-corrected chi connectivity index (χ4v) is 3.15. The van der Waals surface area contributed by atoms with Gasteiger partial charge in [-0.1, -0.05) is 51.4 Å². The highest BCUT2D eigenvalue weighted by Gasteiger charge is 2.50. The van der Waals surface area contributed by atoms with E-state index in [4.69, 9.17) is 11.6 Å². The van der Waals surface area contributed by atoms with Crippen molar-refractivity contribution < 1.29 is 5.11 Å². The first kappa shape index (κ1) is 13.9. The molecule has 1 aromatic rings. The molecule has 0 radical (unpaired) electrons. The van der Waals surface area contributed by atoms with Crippen molar-refractivity contribution in [1.29, 1.82) is 0 Å². The Bertz CT molecular complexity index is 414.